The van der Waals surface area contributed by atoms with Crippen molar-refractivity contribution in [3.05, 3.63) is 28.5 Å². The molecule has 1 aromatic heterocycles. The molecular weight excluding hydrogens is 324 g/mol. The number of aromatic nitrogens is 1. The fourth-order valence-corrected chi connectivity index (χ4v) is 3.07. The van der Waals surface area contributed by atoms with Gasteiger partial charge in [0.15, 0.2) is 0 Å². The van der Waals surface area contributed by atoms with Crippen molar-refractivity contribution < 1.29 is 14.7 Å². The van der Waals surface area contributed by atoms with Crippen molar-refractivity contribution in [3.63, 3.8) is 0 Å². The Morgan fingerprint density at radius 2 is 2.25 bits per heavy atom. The van der Waals surface area contributed by atoms with Crippen LogP contribution in [-0.4, -0.2) is 27.5 Å². The number of nitrogens with zero attached hydrogens (tertiary/aromatic N) is 1. The van der Waals surface area contributed by atoms with Gasteiger partial charge in [-0.2, -0.15) is 0 Å². The average Bonchev–Trinajstić information content (AvgIpc) is 2.38. The topological polar surface area (TPSA) is 79.3 Å². The van der Waals surface area contributed by atoms with Crippen LogP contribution in [0.5, 0.6) is 0 Å². The minimum Gasteiger partial charge on any atom is -0.480 e. The molecule has 0 bridgehead atoms. The van der Waals surface area contributed by atoms with Crippen molar-refractivity contribution in [1.82, 2.24) is 10.3 Å². The molecule has 0 saturated heterocycles. The lowest BCUT2D eigenvalue weighted by Crippen LogP contribution is -2.56. The number of aliphatic carboxylic acids is 1. The molecule has 1 aliphatic rings. The van der Waals surface area contributed by atoms with Crippen LogP contribution in [0.1, 0.15) is 43.1 Å². The van der Waals surface area contributed by atoms with E-state index in [1.807, 2.05) is 6.92 Å². The van der Waals surface area contributed by atoms with Crippen molar-refractivity contribution in [2.24, 2.45) is 5.92 Å². The highest BCUT2D eigenvalue weighted by molar-refractivity contribution is 9.10. The molecule has 0 aliphatic heterocycles. The fourth-order valence-electron chi connectivity index (χ4n) is 2.73. The highest BCUT2D eigenvalue weighted by Gasteiger charge is 2.43. The van der Waals surface area contributed by atoms with Gasteiger partial charge in [-0.25, -0.2) is 9.78 Å². The largest absolute Gasteiger partial charge is 0.480 e. The van der Waals surface area contributed by atoms with E-state index in [2.05, 4.69) is 26.2 Å². The monoisotopic (exact) mass is 340 g/mol. The summed E-state index contributed by atoms with van der Waals surface area (Å²) < 4.78 is 0.548. The van der Waals surface area contributed by atoms with Crippen molar-refractivity contribution in [2.75, 3.05) is 0 Å². The lowest BCUT2D eigenvalue weighted by atomic mass is 9.76. The first-order valence-corrected chi connectivity index (χ1v) is 7.41. The fraction of sp³-hybridized carbons (Fsp3) is 0.500. The van der Waals surface area contributed by atoms with Gasteiger partial charge < -0.3 is 10.4 Å². The Hall–Kier alpha value is -1.43. The van der Waals surface area contributed by atoms with Crippen LogP contribution >= 0.6 is 15.9 Å². The van der Waals surface area contributed by atoms with Crippen LogP contribution < -0.4 is 5.32 Å². The number of carboxylic acids is 1. The van der Waals surface area contributed by atoms with Gasteiger partial charge >= 0.3 is 5.97 Å². The van der Waals surface area contributed by atoms with Crippen LogP contribution in [0.25, 0.3) is 0 Å². The summed E-state index contributed by atoms with van der Waals surface area (Å²) in [5.41, 5.74) is -0.947. The SMILES string of the molecule is CC1CCCC(NC(=O)c2cccc(Br)n2)(C(=O)O)C1. The average molecular weight is 341 g/mol. The molecule has 0 radical (unpaired) electrons. The Balaban J connectivity index is 2.20. The second-order valence-electron chi connectivity index (χ2n) is 5.39. The highest BCUT2D eigenvalue weighted by atomic mass is 79.9. The summed E-state index contributed by atoms with van der Waals surface area (Å²) in [6.45, 7) is 2.01. The zero-order chi connectivity index (χ0) is 14.8. The van der Waals surface area contributed by atoms with Crippen molar-refractivity contribution in [2.45, 2.75) is 38.1 Å². The molecule has 1 aromatic rings. The molecule has 0 aromatic carbocycles. The molecule has 1 amide bonds. The summed E-state index contributed by atoms with van der Waals surface area (Å²) in [6.07, 6.45) is 2.73. The number of pyridine rings is 1. The van der Waals surface area contributed by atoms with Crippen LogP contribution in [-0.2, 0) is 4.79 Å². The van der Waals surface area contributed by atoms with Crippen molar-refractivity contribution in [3.8, 4) is 0 Å². The molecule has 5 nitrogen and oxygen atoms in total. The number of carboxylic acid groups (broad SMARTS) is 1. The number of nitrogens with one attached hydrogen (secondary N) is 1. The maximum Gasteiger partial charge on any atom is 0.329 e. The van der Waals surface area contributed by atoms with Crippen molar-refractivity contribution in [1.29, 1.82) is 0 Å². The van der Waals surface area contributed by atoms with Crippen LogP contribution in [0.4, 0.5) is 0 Å². The second kappa shape index (κ2) is 5.91. The quantitative estimate of drug-likeness (QED) is 0.829. The zero-order valence-corrected chi connectivity index (χ0v) is 12.8. The molecule has 1 heterocycles. The summed E-state index contributed by atoms with van der Waals surface area (Å²) in [5.74, 6) is -1.12. The Kier molecular flexibility index (Phi) is 4.42. The molecule has 1 saturated carbocycles. The molecule has 0 spiro atoms. The first-order chi connectivity index (χ1) is 9.43. The van der Waals surface area contributed by atoms with Gasteiger partial charge in [0.25, 0.3) is 5.91 Å². The first kappa shape index (κ1) is 15.0. The third-order valence-electron chi connectivity index (χ3n) is 3.71. The second-order valence-corrected chi connectivity index (χ2v) is 6.20. The summed E-state index contributed by atoms with van der Waals surface area (Å²) in [7, 11) is 0. The Bertz CT molecular complexity index is 535. The predicted octanol–water partition coefficient (Wildman–Crippen LogP) is 2.61. The van der Waals surface area contributed by atoms with Crippen LogP contribution in [0.15, 0.2) is 22.8 Å². The van der Waals surface area contributed by atoms with Gasteiger partial charge in [0.1, 0.15) is 15.8 Å². The van der Waals surface area contributed by atoms with E-state index in [0.29, 0.717) is 17.4 Å². The number of hydrogen-bond acceptors (Lipinski definition) is 3. The molecule has 2 rings (SSSR count). The first-order valence-electron chi connectivity index (χ1n) is 6.61. The number of hydrogen-bond donors (Lipinski definition) is 2. The third kappa shape index (κ3) is 3.17. The molecular formula is C14H17BrN2O3. The van der Waals surface area contributed by atoms with E-state index in [-0.39, 0.29) is 11.6 Å². The van der Waals surface area contributed by atoms with Gasteiger partial charge in [0.2, 0.25) is 0 Å². The lowest BCUT2D eigenvalue weighted by Gasteiger charge is -2.36. The summed E-state index contributed by atoms with van der Waals surface area (Å²) >= 11 is 3.20. The molecule has 108 valence electrons. The van der Waals surface area contributed by atoms with Gasteiger partial charge in [0.05, 0.1) is 0 Å². The Morgan fingerprint density at radius 1 is 1.50 bits per heavy atom. The van der Waals surface area contributed by atoms with Gasteiger partial charge in [-0.3, -0.25) is 4.79 Å². The maximum absolute atomic E-state index is 12.2. The lowest BCUT2D eigenvalue weighted by molar-refractivity contribution is -0.146. The standard InChI is InChI=1S/C14H17BrN2O3/c1-9-4-3-7-14(8-9,13(19)20)17-12(18)10-5-2-6-11(15)16-10/h2,5-6,9H,3-4,7-8H2,1H3,(H,17,18)(H,19,20). The molecule has 1 aliphatic carbocycles. The number of carbonyl (C=O) groups is 2. The zero-order valence-electron chi connectivity index (χ0n) is 11.2. The third-order valence-corrected chi connectivity index (χ3v) is 4.15. The number of carbonyl (C=O) groups excluding carboxylic acids is 1. The number of halogens is 1. The van der Waals surface area contributed by atoms with Gasteiger partial charge in [-0.05, 0) is 46.8 Å². The van der Waals surface area contributed by atoms with Crippen LogP contribution in [0, 0.1) is 5.92 Å². The molecule has 1 fully saturated rings. The summed E-state index contributed by atoms with van der Waals surface area (Å²) in [6, 6.07) is 4.98. The van der Waals surface area contributed by atoms with Crippen LogP contribution in [0.3, 0.4) is 0 Å². The molecule has 2 unspecified atom stereocenters. The van der Waals surface area contributed by atoms with E-state index in [4.69, 9.17) is 0 Å². The molecule has 20 heavy (non-hydrogen) atoms. The summed E-state index contributed by atoms with van der Waals surface area (Å²) in [5, 5.41) is 12.2. The number of amides is 1. The molecule has 2 N–H and O–H groups in total. The Labute approximate surface area is 125 Å². The van der Waals surface area contributed by atoms with E-state index in [0.717, 1.165) is 12.8 Å². The molecule has 6 heteroatoms. The maximum atomic E-state index is 12.2. The normalized spacial score (nSPS) is 26.0. The summed E-state index contributed by atoms with van der Waals surface area (Å²) in [4.78, 5) is 27.9. The van der Waals surface area contributed by atoms with E-state index in [1.165, 1.54) is 0 Å². The number of rotatable bonds is 3. The van der Waals surface area contributed by atoms with Crippen LogP contribution in [0.2, 0.25) is 0 Å². The predicted molar refractivity (Wildman–Crippen MR) is 77.4 cm³/mol. The van der Waals surface area contributed by atoms with E-state index in [1.54, 1.807) is 18.2 Å². The van der Waals surface area contributed by atoms with Gasteiger partial charge in [-0.15, -0.1) is 0 Å². The van der Waals surface area contributed by atoms with Gasteiger partial charge in [0, 0.05) is 0 Å². The minimum absolute atomic E-state index is 0.221. The van der Waals surface area contributed by atoms with E-state index >= 15 is 0 Å². The van der Waals surface area contributed by atoms with Crippen molar-refractivity contribution >= 4 is 27.8 Å². The van der Waals surface area contributed by atoms with Gasteiger partial charge in [-0.1, -0.05) is 25.8 Å². The minimum atomic E-state index is -1.17. The Morgan fingerprint density at radius 3 is 2.85 bits per heavy atom. The van der Waals surface area contributed by atoms with E-state index in [9.17, 15) is 14.7 Å². The molecule has 2 atom stereocenters. The smallest absolute Gasteiger partial charge is 0.329 e. The van der Waals surface area contributed by atoms with E-state index < -0.39 is 17.4 Å². The highest BCUT2D eigenvalue weighted by Crippen LogP contribution is 2.32.